The predicted octanol–water partition coefficient (Wildman–Crippen LogP) is 4.29. The second kappa shape index (κ2) is 5.05. The van der Waals surface area contributed by atoms with Crippen LogP contribution in [-0.4, -0.2) is 17.0 Å². The number of fused-ring (bicyclic) bond motifs is 5. The summed E-state index contributed by atoms with van der Waals surface area (Å²) in [6.07, 6.45) is 11.1. The van der Waals surface area contributed by atoms with Crippen LogP contribution in [0.15, 0.2) is 24.3 Å². The fourth-order valence-electron chi connectivity index (χ4n) is 7.03. The van der Waals surface area contributed by atoms with Crippen LogP contribution in [0.5, 0.6) is 0 Å². The first-order chi connectivity index (χ1) is 10.9. The van der Waals surface area contributed by atoms with Gasteiger partial charge in [0.25, 0.3) is 0 Å². The van der Waals surface area contributed by atoms with Crippen LogP contribution in [0.4, 0.5) is 0 Å². The summed E-state index contributed by atoms with van der Waals surface area (Å²) in [6.45, 7) is 8.89. The van der Waals surface area contributed by atoms with Gasteiger partial charge in [0.15, 0.2) is 5.78 Å². The van der Waals surface area contributed by atoms with Gasteiger partial charge in [0.2, 0.25) is 0 Å². The van der Waals surface area contributed by atoms with Crippen LogP contribution in [-0.2, 0) is 4.79 Å². The van der Waals surface area contributed by atoms with Gasteiger partial charge in [0.1, 0.15) is 0 Å². The van der Waals surface area contributed by atoms with Crippen LogP contribution in [0.1, 0.15) is 58.8 Å². The number of carbonyl (C=O) groups is 1. The number of allylic oxidation sites excluding steroid dienone is 1. The van der Waals surface area contributed by atoms with Crippen molar-refractivity contribution in [2.24, 2.45) is 34.5 Å². The third-order valence-electron chi connectivity index (χ3n) is 8.33. The van der Waals surface area contributed by atoms with E-state index in [9.17, 15) is 9.90 Å². The Balaban J connectivity index is 1.72. The van der Waals surface area contributed by atoms with E-state index in [2.05, 4.69) is 26.5 Å². The summed E-state index contributed by atoms with van der Waals surface area (Å²) in [5.74, 6) is 2.83. The van der Waals surface area contributed by atoms with Crippen molar-refractivity contribution in [2.45, 2.75) is 64.9 Å². The van der Waals surface area contributed by atoms with E-state index in [1.54, 1.807) is 6.08 Å². The van der Waals surface area contributed by atoms with Crippen molar-refractivity contribution in [3.05, 3.63) is 24.3 Å². The molecule has 0 radical (unpaired) electrons. The molecule has 7 atom stereocenters. The Bertz CT molecular complexity index is 576. The van der Waals surface area contributed by atoms with Crippen molar-refractivity contribution in [3.63, 3.8) is 0 Å². The number of hydrogen-bond acceptors (Lipinski definition) is 2. The summed E-state index contributed by atoms with van der Waals surface area (Å²) in [4.78, 5) is 11.9. The Hall–Kier alpha value is -0.890. The van der Waals surface area contributed by atoms with Crippen LogP contribution in [0.3, 0.4) is 0 Å². The number of rotatable bonds is 1. The lowest BCUT2D eigenvalue weighted by Crippen LogP contribution is -2.53. The molecule has 0 amide bonds. The number of hydrogen-bond donors (Lipinski definition) is 1. The van der Waals surface area contributed by atoms with Crippen LogP contribution in [0.2, 0.25) is 0 Å². The van der Waals surface area contributed by atoms with Crippen molar-refractivity contribution in [1.29, 1.82) is 0 Å². The maximum Gasteiger partial charge on any atom is 0.155 e. The van der Waals surface area contributed by atoms with Gasteiger partial charge < -0.3 is 5.11 Å². The second-order valence-electron chi connectivity index (χ2n) is 9.08. The molecule has 0 aromatic rings. The molecular formula is C21H30O2. The normalized spacial score (nSPS) is 52.2. The van der Waals surface area contributed by atoms with Crippen LogP contribution < -0.4 is 0 Å². The first-order valence-corrected chi connectivity index (χ1v) is 9.45. The average molecular weight is 314 g/mol. The minimum absolute atomic E-state index is 0.0455. The highest BCUT2D eigenvalue weighted by atomic mass is 16.3. The maximum absolute atomic E-state index is 11.9. The lowest BCUT2D eigenvalue weighted by atomic mass is 9.46. The molecule has 1 N–H and O–H groups in total. The highest BCUT2D eigenvalue weighted by molar-refractivity contribution is 5.91. The quantitative estimate of drug-likeness (QED) is 0.733. The molecule has 0 aromatic heterocycles. The van der Waals surface area contributed by atoms with E-state index in [1.807, 2.05) is 0 Å². The minimum atomic E-state index is -0.407. The molecule has 0 aliphatic heterocycles. The SMILES string of the molecule is C=C[C@H]1CC[C@H]2[C@@H]3CC(O)C4=CC(=O)CC[C@]4(C)[C@H]3CC[C@]12C. The van der Waals surface area contributed by atoms with Gasteiger partial charge in [-0.1, -0.05) is 19.9 Å². The molecule has 1 unspecified atom stereocenters. The molecule has 0 spiro atoms. The Morgan fingerprint density at radius 3 is 2.74 bits per heavy atom. The summed E-state index contributed by atoms with van der Waals surface area (Å²) < 4.78 is 0. The molecule has 2 nitrogen and oxygen atoms in total. The maximum atomic E-state index is 11.9. The standard InChI is InChI=1S/C21H30O2/c1-4-13-5-6-16-15-12-19(23)18-11-14(22)7-9-21(18,3)17(15)8-10-20(13,16)2/h4,11,13,15-17,19,23H,1,5-10,12H2,2-3H3/t13-,15-,16-,17-,19?,20+,21+/m0/s1. The average Bonchev–Trinajstić information content (AvgIpc) is 2.86. The number of aliphatic hydroxyl groups is 1. The number of carbonyl (C=O) groups excluding carboxylic acids is 1. The fraction of sp³-hybridized carbons (Fsp3) is 0.762. The molecule has 23 heavy (non-hydrogen) atoms. The minimum Gasteiger partial charge on any atom is -0.389 e. The Morgan fingerprint density at radius 2 is 2.00 bits per heavy atom. The molecule has 0 heterocycles. The first kappa shape index (κ1) is 15.6. The molecule has 4 aliphatic rings. The lowest BCUT2D eigenvalue weighted by molar-refractivity contribution is -0.119. The topological polar surface area (TPSA) is 37.3 Å². The zero-order valence-corrected chi connectivity index (χ0v) is 14.6. The van der Waals surface area contributed by atoms with E-state index in [-0.39, 0.29) is 11.2 Å². The van der Waals surface area contributed by atoms with Gasteiger partial charge in [-0.15, -0.1) is 6.58 Å². The third-order valence-corrected chi connectivity index (χ3v) is 8.33. The lowest BCUT2D eigenvalue weighted by Gasteiger charge is -2.59. The molecule has 4 rings (SSSR count). The molecule has 3 fully saturated rings. The Labute approximate surface area is 140 Å². The fourth-order valence-corrected chi connectivity index (χ4v) is 7.03. The summed E-state index contributed by atoms with van der Waals surface area (Å²) in [5, 5.41) is 10.8. The smallest absolute Gasteiger partial charge is 0.155 e. The molecule has 126 valence electrons. The van der Waals surface area contributed by atoms with Crippen molar-refractivity contribution in [1.82, 2.24) is 0 Å². The van der Waals surface area contributed by atoms with Crippen LogP contribution in [0, 0.1) is 34.5 Å². The van der Waals surface area contributed by atoms with E-state index >= 15 is 0 Å². The summed E-state index contributed by atoms with van der Waals surface area (Å²) in [7, 11) is 0. The Kier molecular flexibility index (Phi) is 3.43. The van der Waals surface area contributed by atoms with Crippen LogP contribution in [0.25, 0.3) is 0 Å². The second-order valence-corrected chi connectivity index (χ2v) is 9.08. The molecule has 0 bridgehead atoms. The molecule has 0 aromatic carbocycles. The number of ketones is 1. The molecule has 0 saturated heterocycles. The van der Waals surface area contributed by atoms with Gasteiger partial charge in [-0.05, 0) is 84.7 Å². The van der Waals surface area contributed by atoms with E-state index in [4.69, 9.17) is 0 Å². The largest absolute Gasteiger partial charge is 0.389 e. The summed E-state index contributed by atoms with van der Waals surface area (Å²) >= 11 is 0. The predicted molar refractivity (Wildman–Crippen MR) is 91.8 cm³/mol. The number of aliphatic hydroxyl groups excluding tert-OH is 1. The van der Waals surface area contributed by atoms with Gasteiger partial charge in [0, 0.05) is 6.42 Å². The molecule has 2 heteroatoms. The molecule has 4 aliphatic carbocycles. The van der Waals surface area contributed by atoms with E-state index < -0.39 is 6.10 Å². The van der Waals surface area contributed by atoms with Gasteiger partial charge in [0.05, 0.1) is 6.10 Å². The van der Waals surface area contributed by atoms with Crippen molar-refractivity contribution < 1.29 is 9.90 Å². The Morgan fingerprint density at radius 1 is 1.22 bits per heavy atom. The van der Waals surface area contributed by atoms with Gasteiger partial charge in [-0.2, -0.15) is 0 Å². The highest BCUT2D eigenvalue weighted by Crippen LogP contribution is 2.66. The van der Waals surface area contributed by atoms with Crippen molar-refractivity contribution in [2.75, 3.05) is 0 Å². The van der Waals surface area contributed by atoms with Crippen molar-refractivity contribution >= 4 is 5.78 Å². The monoisotopic (exact) mass is 314 g/mol. The zero-order valence-electron chi connectivity index (χ0n) is 14.6. The van der Waals surface area contributed by atoms with Crippen molar-refractivity contribution in [3.8, 4) is 0 Å². The first-order valence-electron chi connectivity index (χ1n) is 9.45. The van der Waals surface area contributed by atoms with Crippen LogP contribution >= 0.6 is 0 Å². The summed E-state index contributed by atoms with van der Waals surface area (Å²) in [6, 6.07) is 0. The molecular weight excluding hydrogens is 284 g/mol. The zero-order chi connectivity index (χ0) is 16.4. The molecule has 3 saturated carbocycles. The van der Waals surface area contributed by atoms with Gasteiger partial charge in [-0.3, -0.25) is 4.79 Å². The van der Waals surface area contributed by atoms with E-state index in [0.717, 1.165) is 24.3 Å². The summed E-state index contributed by atoms with van der Waals surface area (Å²) in [5.41, 5.74) is 1.48. The third kappa shape index (κ3) is 2.00. The highest BCUT2D eigenvalue weighted by Gasteiger charge is 2.59. The van der Waals surface area contributed by atoms with Gasteiger partial charge >= 0.3 is 0 Å². The van der Waals surface area contributed by atoms with E-state index in [0.29, 0.717) is 29.6 Å². The van der Waals surface area contributed by atoms with E-state index in [1.165, 1.54) is 25.7 Å². The van der Waals surface area contributed by atoms with Gasteiger partial charge in [-0.25, -0.2) is 0 Å².